The maximum atomic E-state index is 10.4. The highest BCUT2D eigenvalue weighted by molar-refractivity contribution is 5.20. The topological polar surface area (TPSA) is 61.0 Å². The fraction of sp³-hybridized carbons (Fsp3) is 0.667. The zero-order chi connectivity index (χ0) is 10.1. The molecule has 1 heterocycles. The van der Waals surface area contributed by atoms with E-state index in [4.69, 9.17) is 0 Å². The average Bonchev–Trinajstić information content (AvgIpc) is 2.87. The minimum atomic E-state index is -0.444. The van der Waals surface area contributed by atoms with Gasteiger partial charge >= 0.3 is 5.82 Å². The summed E-state index contributed by atoms with van der Waals surface area (Å²) in [6.45, 7) is 2.66. The van der Waals surface area contributed by atoms with E-state index in [0.29, 0.717) is 0 Å². The van der Waals surface area contributed by atoms with E-state index in [1.165, 1.54) is 18.9 Å². The first-order valence-corrected chi connectivity index (χ1v) is 4.85. The summed E-state index contributed by atoms with van der Waals surface area (Å²) in [4.78, 5) is 10.0. The monoisotopic (exact) mass is 195 g/mol. The molecule has 0 aliphatic heterocycles. The van der Waals surface area contributed by atoms with Gasteiger partial charge in [0, 0.05) is 0 Å². The van der Waals surface area contributed by atoms with Crippen LogP contribution in [-0.2, 0) is 6.54 Å². The lowest BCUT2D eigenvalue weighted by molar-refractivity contribution is -0.389. The predicted octanol–water partition coefficient (Wildman–Crippen LogP) is 1.90. The molecule has 0 amide bonds. The first kappa shape index (κ1) is 9.18. The van der Waals surface area contributed by atoms with Gasteiger partial charge in [-0.1, -0.05) is 12.8 Å². The summed E-state index contributed by atoms with van der Waals surface area (Å²) < 4.78 is 1.73. The molecule has 76 valence electrons. The molecule has 0 N–H and O–H groups in total. The van der Waals surface area contributed by atoms with Crippen LogP contribution in [0.15, 0.2) is 6.07 Å². The highest BCUT2D eigenvalue weighted by Crippen LogP contribution is 2.32. The van der Waals surface area contributed by atoms with E-state index in [2.05, 4.69) is 5.10 Å². The number of hydrogen-bond acceptors (Lipinski definition) is 3. The largest absolute Gasteiger partial charge is 0.390 e. The smallest absolute Gasteiger partial charge is 0.358 e. The molecule has 2 rings (SSSR count). The van der Waals surface area contributed by atoms with Crippen LogP contribution in [0.2, 0.25) is 0 Å². The van der Waals surface area contributed by atoms with Crippen molar-refractivity contribution in [2.75, 3.05) is 0 Å². The number of nitrogens with zero attached hydrogens (tertiary/aromatic N) is 3. The van der Waals surface area contributed by atoms with Gasteiger partial charge in [-0.25, -0.2) is 0 Å². The zero-order valence-electron chi connectivity index (χ0n) is 8.14. The van der Waals surface area contributed by atoms with Crippen LogP contribution >= 0.6 is 0 Å². The third kappa shape index (κ3) is 1.92. The Kier molecular flexibility index (Phi) is 2.23. The number of aryl methyl sites for hydroxylation is 2. The molecule has 0 atom stereocenters. The summed E-state index contributed by atoms with van der Waals surface area (Å²) in [6, 6.07) is 1.52. The normalized spacial score (nSPS) is 15.8. The van der Waals surface area contributed by atoms with Crippen molar-refractivity contribution in [3.63, 3.8) is 0 Å². The molecule has 1 aliphatic rings. The van der Waals surface area contributed by atoms with Crippen molar-refractivity contribution < 1.29 is 4.92 Å². The van der Waals surface area contributed by atoms with E-state index in [-0.39, 0.29) is 5.82 Å². The molecule has 0 unspecified atom stereocenters. The lowest BCUT2D eigenvalue weighted by atomic mass is 10.3. The van der Waals surface area contributed by atoms with Gasteiger partial charge < -0.3 is 10.1 Å². The van der Waals surface area contributed by atoms with E-state index >= 15 is 0 Å². The first-order chi connectivity index (χ1) is 6.66. The maximum Gasteiger partial charge on any atom is 0.390 e. The van der Waals surface area contributed by atoms with Crippen LogP contribution in [0.1, 0.15) is 25.0 Å². The molecule has 0 spiro atoms. The number of nitro groups is 1. The highest BCUT2D eigenvalue weighted by Gasteiger charge is 2.22. The first-order valence-electron chi connectivity index (χ1n) is 4.85. The van der Waals surface area contributed by atoms with Crippen molar-refractivity contribution in [2.45, 2.75) is 32.7 Å². The molecule has 1 saturated carbocycles. The fourth-order valence-electron chi connectivity index (χ4n) is 1.52. The Bertz CT molecular complexity index is 355. The van der Waals surface area contributed by atoms with Crippen LogP contribution < -0.4 is 0 Å². The molecule has 0 bridgehead atoms. The zero-order valence-corrected chi connectivity index (χ0v) is 8.14. The molecule has 0 saturated heterocycles. The molecule has 5 nitrogen and oxygen atoms in total. The highest BCUT2D eigenvalue weighted by atomic mass is 16.6. The van der Waals surface area contributed by atoms with Crippen molar-refractivity contribution in [3.05, 3.63) is 21.9 Å². The summed E-state index contributed by atoms with van der Waals surface area (Å²) in [7, 11) is 0. The third-order valence-corrected chi connectivity index (χ3v) is 2.60. The average molecular weight is 195 g/mol. The van der Waals surface area contributed by atoms with Gasteiger partial charge in [0.05, 0.1) is 23.4 Å². The summed E-state index contributed by atoms with van der Waals surface area (Å²) in [6.07, 6.45) is 3.71. The van der Waals surface area contributed by atoms with Gasteiger partial charge in [-0.2, -0.15) is 4.68 Å². The Morgan fingerprint density at radius 3 is 2.93 bits per heavy atom. The summed E-state index contributed by atoms with van der Waals surface area (Å²) >= 11 is 0. The van der Waals surface area contributed by atoms with Gasteiger partial charge in [-0.3, -0.25) is 0 Å². The van der Waals surface area contributed by atoms with Crippen LogP contribution in [0.4, 0.5) is 5.82 Å². The van der Waals surface area contributed by atoms with Crippen LogP contribution in [0.25, 0.3) is 0 Å². The van der Waals surface area contributed by atoms with Crippen molar-refractivity contribution in [3.8, 4) is 0 Å². The molecule has 1 fully saturated rings. The standard InChI is InChI=1S/C9H13N3O2/c1-7-6-9(12(13)14)10-11(7)5-4-8-2-3-8/h6,8H,2-5H2,1H3. The van der Waals surface area contributed by atoms with E-state index < -0.39 is 4.92 Å². The second-order valence-electron chi connectivity index (χ2n) is 3.86. The fourth-order valence-corrected chi connectivity index (χ4v) is 1.52. The van der Waals surface area contributed by atoms with Gasteiger partial charge in [-0.05, 0) is 24.2 Å². The minimum absolute atomic E-state index is 0.0432. The Balaban J connectivity index is 2.03. The molecule has 1 aromatic heterocycles. The lowest BCUT2D eigenvalue weighted by Crippen LogP contribution is -2.03. The summed E-state index contributed by atoms with van der Waals surface area (Å²) in [5.41, 5.74) is 0.873. The molecular formula is C9H13N3O2. The van der Waals surface area contributed by atoms with Gasteiger partial charge in [0.15, 0.2) is 0 Å². The number of aromatic nitrogens is 2. The molecular weight excluding hydrogens is 182 g/mol. The van der Waals surface area contributed by atoms with E-state index in [0.717, 1.165) is 24.6 Å². The molecule has 1 aliphatic carbocycles. The number of rotatable bonds is 4. The van der Waals surface area contributed by atoms with Crippen LogP contribution in [0, 0.1) is 23.0 Å². The lowest BCUT2D eigenvalue weighted by Gasteiger charge is -1.96. The van der Waals surface area contributed by atoms with Crippen LogP contribution in [0.3, 0.4) is 0 Å². The summed E-state index contributed by atoms with van der Waals surface area (Å²) in [5, 5.41) is 14.4. The Morgan fingerprint density at radius 1 is 1.71 bits per heavy atom. The Labute approximate surface area is 81.9 Å². The second-order valence-corrected chi connectivity index (χ2v) is 3.86. The van der Waals surface area contributed by atoms with Gasteiger partial charge in [0.25, 0.3) is 0 Å². The molecule has 1 aromatic rings. The van der Waals surface area contributed by atoms with Crippen molar-refractivity contribution in [1.82, 2.24) is 9.78 Å². The van der Waals surface area contributed by atoms with Gasteiger partial charge in [-0.15, -0.1) is 0 Å². The molecule has 14 heavy (non-hydrogen) atoms. The summed E-state index contributed by atoms with van der Waals surface area (Å²) in [5.74, 6) is 0.788. The van der Waals surface area contributed by atoms with E-state index in [1.807, 2.05) is 6.92 Å². The SMILES string of the molecule is Cc1cc([N+](=O)[O-])nn1CCC1CC1. The van der Waals surface area contributed by atoms with Gasteiger partial charge in [0.1, 0.15) is 0 Å². The quantitative estimate of drug-likeness (QED) is 0.544. The molecule has 0 radical (unpaired) electrons. The number of hydrogen-bond donors (Lipinski definition) is 0. The maximum absolute atomic E-state index is 10.4. The molecule has 0 aromatic carbocycles. The van der Waals surface area contributed by atoms with Crippen molar-refractivity contribution >= 4 is 5.82 Å². The van der Waals surface area contributed by atoms with E-state index in [1.54, 1.807) is 4.68 Å². The minimum Gasteiger partial charge on any atom is -0.358 e. The third-order valence-electron chi connectivity index (χ3n) is 2.60. The van der Waals surface area contributed by atoms with Crippen molar-refractivity contribution in [1.29, 1.82) is 0 Å². The Hall–Kier alpha value is -1.39. The van der Waals surface area contributed by atoms with E-state index in [9.17, 15) is 10.1 Å². The van der Waals surface area contributed by atoms with Crippen molar-refractivity contribution in [2.24, 2.45) is 5.92 Å². The second kappa shape index (κ2) is 3.40. The Morgan fingerprint density at radius 2 is 2.43 bits per heavy atom. The van der Waals surface area contributed by atoms with Gasteiger partial charge in [0.2, 0.25) is 0 Å². The van der Waals surface area contributed by atoms with Crippen LogP contribution in [-0.4, -0.2) is 14.7 Å². The molecule has 5 heteroatoms. The predicted molar refractivity (Wildman–Crippen MR) is 51.0 cm³/mol. The van der Waals surface area contributed by atoms with Crippen LogP contribution in [0.5, 0.6) is 0 Å².